The Hall–Kier alpha value is -3.10. The molecule has 1 saturated carbocycles. The van der Waals surface area contributed by atoms with Gasteiger partial charge in [-0.3, -0.25) is 10.1 Å². The Morgan fingerprint density at radius 2 is 2.04 bits per heavy atom. The molecule has 2 unspecified atom stereocenters. The second-order valence-electron chi connectivity index (χ2n) is 7.47. The molecule has 9 heteroatoms. The number of methoxy groups -OCH3 is 1. The van der Waals surface area contributed by atoms with E-state index in [4.69, 9.17) is 13.9 Å². The first-order valence-corrected chi connectivity index (χ1v) is 9.35. The standard InChI is InChI=1S/C19H23N5O4/c1-10-6-11(2)8-13(7-10)27-16-14-9-12(26-3)4-5-15(14)28-17(16)18(25)20-19-21-23-24-22-19/h4-5,9-11,13H,6-8H2,1-3H3,(H2,20,21,22,23,24,25). The third-order valence-electron chi connectivity index (χ3n) is 5.05. The third kappa shape index (κ3) is 3.64. The van der Waals surface area contributed by atoms with Crippen LogP contribution in [0.3, 0.4) is 0 Å². The lowest BCUT2D eigenvalue weighted by Crippen LogP contribution is -2.29. The molecule has 1 fully saturated rings. The fraction of sp³-hybridized carbons (Fsp3) is 0.474. The molecule has 0 spiro atoms. The molecule has 148 valence electrons. The lowest BCUT2D eigenvalue weighted by molar-refractivity contribution is 0.0922. The van der Waals surface area contributed by atoms with E-state index in [1.54, 1.807) is 19.2 Å². The number of anilines is 1. The Labute approximate surface area is 161 Å². The smallest absolute Gasteiger partial charge is 0.297 e. The van der Waals surface area contributed by atoms with E-state index >= 15 is 0 Å². The first kappa shape index (κ1) is 18.3. The minimum atomic E-state index is -0.497. The summed E-state index contributed by atoms with van der Waals surface area (Å²) in [4.78, 5) is 12.8. The van der Waals surface area contributed by atoms with E-state index in [2.05, 4.69) is 39.8 Å². The number of furan rings is 1. The fourth-order valence-electron chi connectivity index (χ4n) is 3.96. The van der Waals surface area contributed by atoms with Crippen LogP contribution in [0.25, 0.3) is 11.0 Å². The Bertz CT molecular complexity index is 958. The number of carbonyl (C=O) groups excluding carboxylic acids is 1. The van der Waals surface area contributed by atoms with E-state index in [-0.39, 0.29) is 17.8 Å². The summed E-state index contributed by atoms with van der Waals surface area (Å²) in [5.74, 6) is 1.86. The Morgan fingerprint density at radius 1 is 1.25 bits per heavy atom. The molecular weight excluding hydrogens is 362 g/mol. The summed E-state index contributed by atoms with van der Waals surface area (Å²) in [5, 5.41) is 16.5. The van der Waals surface area contributed by atoms with E-state index in [1.165, 1.54) is 6.42 Å². The van der Waals surface area contributed by atoms with Gasteiger partial charge in [-0.05, 0) is 54.5 Å². The van der Waals surface area contributed by atoms with Gasteiger partial charge in [0.15, 0.2) is 5.75 Å². The number of carbonyl (C=O) groups is 1. The van der Waals surface area contributed by atoms with E-state index in [0.29, 0.717) is 34.3 Å². The summed E-state index contributed by atoms with van der Waals surface area (Å²) in [5.41, 5.74) is 0.547. The first-order valence-electron chi connectivity index (χ1n) is 9.35. The maximum atomic E-state index is 12.8. The highest BCUT2D eigenvalue weighted by atomic mass is 16.5. The van der Waals surface area contributed by atoms with E-state index in [9.17, 15) is 4.79 Å². The van der Waals surface area contributed by atoms with Crippen molar-refractivity contribution in [3.05, 3.63) is 24.0 Å². The van der Waals surface area contributed by atoms with Gasteiger partial charge in [-0.2, -0.15) is 5.21 Å². The Kier molecular flexibility index (Phi) is 4.89. The van der Waals surface area contributed by atoms with Crippen LogP contribution < -0.4 is 14.8 Å². The number of tetrazole rings is 1. The molecule has 2 N–H and O–H groups in total. The van der Waals surface area contributed by atoms with Gasteiger partial charge in [0.1, 0.15) is 11.3 Å². The number of nitrogens with one attached hydrogen (secondary N) is 2. The number of rotatable bonds is 5. The predicted octanol–water partition coefficient (Wildman–Crippen LogP) is 3.41. The van der Waals surface area contributed by atoms with Gasteiger partial charge in [-0.15, -0.1) is 5.10 Å². The Balaban J connectivity index is 1.71. The van der Waals surface area contributed by atoms with Crippen LogP contribution in [0.1, 0.15) is 43.7 Å². The molecule has 0 aliphatic heterocycles. The van der Waals surface area contributed by atoms with Crippen molar-refractivity contribution < 1.29 is 18.7 Å². The maximum absolute atomic E-state index is 12.8. The average Bonchev–Trinajstić information content (AvgIpc) is 3.28. The van der Waals surface area contributed by atoms with Crippen LogP contribution >= 0.6 is 0 Å². The van der Waals surface area contributed by atoms with Gasteiger partial charge in [-0.1, -0.05) is 18.9 Å². The second-order valence-corrected chi connectivity index (χ2v) is 7.47. The number of benzene rings is 1. The molecule has 2 aromatic heterocycles. The highest BCUT2D eigenvalue weighted by molar-refractivity contribution is 6.07. The molecule has 4 rings (SSSR count). The molecule has 28 heavy (non-hydrogen) atoms. The topological polar surface area (TPSA) is 115 Å². The normalized spacial score (nSPS) is 22.2. The molecule has 1 aromatic carbocycles. The van der Waals surface area contributed by atoms with Crippen molar-refractivity contribution in [2.75, 3.05) is 12.4 Å². The number of nitrogens with zero attached hydrogens (tertiary/aromatic N) is 3. The van der Waals surface area contributed by atoms with Crippen molar-refractivity contribution in [2.24, 2.45) is 11.8 Å². The SMILES string of the molecule is COc1ccc2oc(C(=O)Nc3nn[nH]n3)c(OC3CC(C)CC(C)C3)c2c1. The zero-order valence-electron chi connectivity index (χ0n) is 16.1. The molecule has 1 aliphatic rings. The quantitative estimate of drug-likeness (QED) is 0.691. The molecule has 0 radical (unpaired) electrons. The van der Waals surface area contributed by atoms with Crippen LogP contribution in [0, 0.1) is 11.8 Å². The van der Waals surface area contributed by atoms with Crippen molar-refractivity contribution in [3.8, 4) is 11.5 Å². The lowest BCUT2D eigenvalue weighted by Gasteiger charge is -2.31. The van der Waals surface area contributed by atoms with Gasteiger partial charge in [0.2, 0.25) is 5.76 Å². The lowest BCUT2D eigenvalue weighted by atomic mass is 9.82. The highest BCUT2D eigenvalue weighted by Gasteiger charge is 2.30. The molecule has 0 bridgehead atoms. The van der Waals surface area contributed by atoms with Crippen LogP contribution in [0.15, 0.2) is 22.6 Å². The number of fused-ring (bicyclic) bond motifs is 1. The van der Waals surface area contributed by atoms with Crippen molar-refractivity contribution in [1.82, 2.24) is 20.6 Å². The number of H-pyrrole nitrogens is 1. The zero-order valence-corrected chi connectivity index (χ0v) is 16.1. The largest absolute Gasteiger partial charge is 0.497 e. The van der Waals surface area contributed by atoms with Crippen LogP contribution in [0.5, 0.6) is 11.5 Å². The molecule has 3 aromatic rings. The Morgan fingerprint density at radius 3 is 2.71 bits per heavy atom. The van der Waals surface area contributed by atoms with E-state index in [1.807, 2.05) is 6.07 Å². The fourth-order valence-corrected chi connectivity index (χ4v) is 3.96. The van der Waals surface area contributed by atoms with Crippen molar-refractivity contribution in [1.29, 1.82) is 0 Å². The summed E-state index contributed by atoms with van der Waals surface area (Å²) in [7, 11) is 1.59. The molecular formula is C19H23N5O4. The predicted molar refractivity (Wildman–Crippen MR) is 101 cm³/mol. The monoisotopic (exact) mass is 385 g/mol. The zero-order chi connectivity index (χ0) is 19.7. The number of amides is 1. The average molecular weight is 385 g/mol. The van der Waals surface area contributed by atoms with Gasteiger partial charge in [0.25, 0.3) is 11.9 Å². The van der Waals surface area contributed by atoms with Gasteiger partial charge in [0.05, 0.1) is 18.6 Å². The summed E-state index contributed by atoms with van der Waals surface area (Å²) < 4.78 is 17.5. The van der Waals surface area contributed by atoms with Gasteiger partial charge in [0, 0.05) is 0 Å². The summed E-state index contributed by atoms with van der Waals surface area (Å²) >= 11 is 0. The summed E-state index contributed by atoms with van der Waals surface area (Å²) in [6.07, 6.45) is 3.08. The van der Waals surface area contributed by atoms with E-state index < -0.39 is 5.91 Å². The minimum Gasteiger partial charge on any atom is -0.497 e. The van der Waals surface area contributed by atoms with Crippen molar-refractivity contribution in [3.63, 3.8) is 0 Å². The highest BCUT2D eigenvalue weighted by Crippen LogP contribution is 2.39. The number of ether oxygens (including phenoxy) is 2. The van der Waals surface area contributed by atoms with Crippen LogP contribution in [-0.4, -0.2) is 39.7 Å². The number of hydrogen-bond acceptors (Lipinski definition) is 7. The summed E-state index contributed by atoms with van der Waals surface area (Å²) in [6.45, 7) is 4.46. The molecule has 2 heterocycles. The van der Waals surface area contributed by atoms with E-state index in [0.717, 1.165) is 12.8 Å². The van der Waals surface area contributed by atoms with Crippen LogP contribution in [-0.2, 0) is 0 Å². The molecule has 0 saturated heterocycles. The number of aromatic nitrogens is 4. The second kappa shape index (κ2) is 7.49. The van der Waals surface area contributed by atoms with Crippen LogP contribution in [0.4, 0.5) is 5.95 Å². The van der Waals surface area contributed by atoms with Gasteiger partial charge < -0.3 is 13.9 Å². The first-order chi connectivity index (χ1) is 13.5. The maximum Gasteiger partial charge on any atom is 0.297 e. The van der Waals surface area contributed by atoms with Crippen molar-refractivity contribution in [2.45, 2.75) is 39.2 Å². The molecule has 2 atom stereocenters. The van der Waals surface area contributed by atoms with Crippen molar-refractivity contribution >= 4 is 22.8 Å². The number of aromatic amines is 1. The molecule has 1 aliphatic carbocycles. The molecule has 1 amide bonds. The van der Waals surface area contributed by atoms with Gasteiger partial charge >= 0.3 is 0 Å². The van der Waals surface area contributed by atoms with Crippen LogP contribution in [0.2, 0.25) is 0 Å². The van der Waals surface area contributed by atoms with Gasteiger partial charge in [-0.25, -0.2) is 0 Å². The number of hydrogen-bond donors (Lipinski definition) is 2. The third-order valence-corrected chi connectivity index (χ3v) is 5.05. The molecule has 9 nitrogen and oxygen atoms in total. The minimum absolute atomic E-state index is 0.0162. The summed E-state index contributed by atoms with van der Waals surface area (Å²) in [6, 6.07) is 5.36.